The highest BCUT2D eigenvalue weighted by atomic mass is 32.2. The average Bonchev–Trinajstić information content (AvgIpc) is 2.20. The third-order valence-electron chi connectivity index (χ3n) is 1.93. The summed E-state index contributed by atoms with van der Waals surface area (Å²) in [6, 6.07) is 4.67. The topological polar surface area (TPSA) is 29.1 Å². The number of benzene rings is 1. The highest BCUT2D eigenvalue weighted by Crippen LogP contribution is 2.15. The first-order chi connectivity index (χ1) is 7.13. The number of nitrogens with one attached hydrogen (secondary N) is 1. The smallest absolute Gasteiger partial charge is 0.225 e. The second kappa shape index (κ2) is 5.75. The molecule has 0 atom stereocenters. The quantitative estimate of drug-likeness (QED) is 0.857. The number of hydrogen-bond acceptors (Lipinski definition) is 2. The van der Waals surface area contributed by atoms with Crippen molar-refractivity contribution in [2.45, 2.75) is 13.3 Å². The normalized spacial score (nSPS) is 10.1. The predicted octanol–water partition coefficient (Wildman–Crippen LogP) is 2.83. The number of hydrogen-bond donors (Lipinski definition) is 1. The predicted molar refractivity (Wildman–Crippen MR) is 62.8 cm³/mol. The lowest BCUT2D eigenvalue weighted by molar-refractivity contribution is -0.115. The first-order valence-electron chi connectivity index (χ1n) is 4.68. The summed E-state index contributed by atoms with van der Waals surface area (Å²) in [7, 11) is 0. The zero-order chi connectivity index (χ0) is 11.3. The minimum atomic E-state index is -0.391. The lowest BCUT2D eigenvalue weighted by Gasteiger charge is -2.06. The van der Waals surface area contributed by atoms with Crippen molar-refractivity contribution in [1.29, 1.82) is 0 Å². The Morgan fingerprint density at radius 1 is 1.53 bits per heavy atom. The lowest BCUT2D eigenvalue weighted by Crippen LogP contribution is -2.13. The maximum absolute atomic E-state index is 13.2. The highest BCUT2D eigenvalue weighted by Gasteiger charge is 2.06. The van der Waals surface area contributed by atoms with Gasteiger partial charge in [-0.1, -0.05) is 6.07 Å². The summed E-state index contributed by atoms with van der Waals surface area (Å²) in [5.41, 5.74) is 1.19. The molecule has 0 saturated heterocycles. The Kier molecular flexibility index (Phi) is 4.62. The molecule has 1 N–H and O–H groups in total. The van der Waals surface area contributed by atoms with Crippen molar-refractivity contribution < 1.29 is 9.18 Å². The summed E-state index contributed by atoms with van der Waals surface area (Å²) in [5, 5.41) is 2.56. The minimum Gasteiger partial charge on any atom is -0.324 e. The van der Waals surface area contributed by atoms with E-state index in [1.807, 2.05) is 13.2 Å². The number of aryl methyl sites for hydroxylation is 1. The number of carbonyl (C=O) groups is 1. The molecule has 2 nitrogen and oxygen atoms in total. The number of thioether (sulfide) groups is 1. The van der Waals surface area contributed by atoms with E-state index in [4.69, 9.17) is 0 Å². The van der Waals surface area contributed by atoms with Gasteiger partial charge in [0.15, 0.2) is 0 Å². The van der Waals surface area contributed by atoms with Crippen LogP contribution in [0.5, 0.6) is 0 Å². The second-order valence-electron chi connectivity index (χ2n) is 3.27. The van der Waals surface area contributed by atoms with Gasteiger partial charge in [0.25, 0.3) is 0 Å². The SMILES string of the molecule is CSCCC(=O)Nc1cc(C)ccc1F. The Morgan fingerprint density at radius 2 is 2.27 bits per heavy atom. The van der Waals surface area contributed by atoms with E-state index in [9.17, 15) is 9.18 Å². The van der Waals surface area contributed by atoms with E-state index in [1.165, 1.54) is 6.07 Å². The summed E-state index contributed by atoms with van der Waals surface area (Å²) < 4.78 is 13.2. The van der Waals surface area contributed by atoms with E-state index in [0.717, 1.165) is 11.3 Å². The number of amides is 1. The Bertz CT molecular complexity index is 354. The van der Waals surface area contributed by atoms with Gasteiger partial charge in [0.1, 0.15) is 5.82 Å². The molecule has 1 rings (SSSR count). The van der Waals surface area contributed by atoms with Crippen molar-refractivity contribution in [2.24, 2.45) is 0 Å². The Labute approximate surface area is 93.3 Å². The molecule has 0 radical (unpaired) electrons. The first kappa shape index (κ1) is 12.0. The van der Waals surface area contributed by atoms with Gasteiger partial charge in [-0.25, -0.2) is 4.39 Å². The van der Waals surface area contributed by atoms with Gasteiger partial charge in [-0.2, -0.15) is 11.8 Å². The highest BCUT2D eigenvalue weighted by molar-refractivity contribution is 7.98. The van der Waals surface area contributed by atoms with Crippen molar-refractivity contribution in [3.63, 3.8) is 0 Å². The van der Waals surface area contributed by atoms with E-state index in [1.54, 1.807) is 23.9 Å². The lowest BCUT2D eigenvalue weighted by atomic mass is 10.2. The van der Waals surface area contributed by atoms with Crippen LogP contribution in [0.4, 0.5) is 10.1 Å². The van der Waals surface area contributed by atoms with E-state index in [-0.39, 0.29) is 11.6 Å². The van der Waals surface area contributed by atoms with Crippen LogP contribution in [0.3, 0.4) is 0 Å². The van der Waals surface area contributed by atoms with Gasteiger partial charge >= 0.3 is 0 Å². The minimum absolute atomic E-state index is 0.145. The van der Waals surface area contributed by atoms with Crippen LogP contribution in [-0.2, 0) is 4.79 Å². The first-order valence-corrected chi connectivity index (χ1v) is 6.08. The molecule has 4 heteroatoms. The van der Waals surface area contributed by atoms with Crippen LogP contribution >= 0.6 is 11.8 Å². The van der Waals surface area contributed by atoms with Gasteiger partial charge < -0.3 is 5.32 Å². The van der Waals surface area contributed by atoms with Crippen LogP contribution in [0.25, 0.3) is 0 Å². The Balaban J connectivity index is 2.63. The summed E-state index contributed by atoms with van der Waals surface area (Å²) in [6.07, 6.45) is 2.34. The summed E-state index contributed by atoms with van der Waals surface area (Å²) >= 11 is 1.59. The van der Waals surface area contributed by atoms with Crippen molar-refractivity contribution in [3.8, 4) is 0 Å². The third-order valence-corrected chi connectivity index (χ3v) is 2.54. The van der Waals surface area contributed by atoms with Crippen molar-refractivity contribution in [1.82, 2.24) is 0 Å². The van der Waals surface area contributed by atoms with Gasteiger partial charge in [0.05, 0.1) is 5.69 Å². The van der Waals surface area contributed by atoms with Crippen LogP contribution < -0.4 is 5.32 Å². The molecule has 0 aromatic heterocycles. The van der Waals surface area contributed by atoms with E-state index < -0.39 is 5.82 Å². The summed E-state index contributed by atoms with van der Waals surface area (Å²) in [6.45, 7) is 1.86. The van der Waals surface area contributed by atoms with Gasteiger partial charge in [-0.15, -0.1) is 0 Å². The van der Waals surface area contributed by atoms with Crippen molar-refractivity contribution in [3.05, 3.63) is 29.6 Å². The molecular formula is C11H14FNOS. The van der Waals surface area contributed by atoms with Gasteiger partial charge in [-0.3, -0.25) is 4.79 Å². The molecule has 1 amide bonds. The molecule has 0 aliphatic rings. The molecule has 0 unspecified atom stereocenters. The molecule has 0 heterocycles. The zero-order valence-electron chi connectivity index (χ0n) is 8.84. The maximum Gasteiger partial charge on any atom is 0.225 e. The molecule has 1 aromatic carbocycles. The van der Waals surface area contributed by atoms with E-state index >= 15 is 0 Å². The fourth-order valence-electron chi connectivity index (χ4n) is 1.14. The van der Waals surface area contributed by atoms with E-state index in [0.29, 0.717) is 6.42 Å². The molecule has 1 aromatic rings. The molecular weight excluding hydrogens is 213 g/mol. The van der Waals surface area contributed by atoms with Gasteiger partial charge in [0.2, 0.25) is 5.91 Å². The molecule has 15 heavy (non-hydrogen) atoms. The molecule has 0 aliphatic heterocycles. The van der Waals surface area contributed by atoms with Crippen molar-refractivity contribution in [2.75, 3.05) is 17.3 Å². The summed E-state index contributed by atoms with van der Waals surface area (Å²) in [4.78, 5) is 11.3. The van der Waals surface area contributed by atoms with Crippen LogP contribution in [0.2, 0.25) is 0 Å². The molecule has 0 fully saturated rings. The third kappa shape index (κ3) is 3.91. The Hall–Kier alpha value is -1.03. The fourth-order valence-corrected chi connectivity index (χ4v) is 1.53. The number of carbonyl (C=O) groups excluding carboxylic acids is 1. The second-order valence-corrected chi connectivity index (χ2v) is 4.26. The van der Waals surface area contributed by atoms with Gasteiger partial charge in [-0.05, 0) is 30.9 Å². The monoisotopic (exact) mass is 227 g/mol. The largest absolute Gasteiger partial charge is 0.324 e. The zero-order valence-corrected chi connectivity index (χ0v) is 9.66. The van der Waals surface area contributed by atoms with E-state index in [2.05, 4.69) is 5.32 Å². The number of rotatable bonds is 4. The average molecular weight is 227 g/mol. The van der Waals surface area contributed by atoms with Crippen LogP contribution in [0.15, 0.2) is 18.2 Å². The molecule has 0 bridgehead atoms. The molecule has 0 aliphatic carbocycles. The fraction of sp³-hybridized carbons (Fsp3) is 0.364. The van der Waals surface area contributed by atoms with Crippen LogP contribution in [-0.4, -0.2) is 17.9 Å². The number of halogens is 1. The molecule has 82 valence electrons. The van der Waals surface area contributed by atoms with Crippen LogP contribution in [0.1, 0.15) is 12.0 Å². The molecule has 0 saturated carbocycles. The standard InChI is InChI=1S/C11H14FNOS/c1-8-3-4-9(12)10(7-8)13-11(14)5-6-15-2/h3-4,7H,5-6H2,1-2H3,(H,13,14). The van der Waals surface area contributed by atoms with Crippen LogP contribution in [0, 0.1) is 12.7 Å². The Morgan fingerprint density at radius 3 is 2.93 bits per heavy atom. The summed E-state index contributed by atoms with van der Waals surface area (Å²) in [5.74, 6) is 0.214. The van der Waals surface area contributed by atoms with Gasteiger partial charge in [0, 0.05) is 12.2 Å². The molecule has 0 spiro atoms. The van der Waals surface area contributed by atoms with Crippen molar-refractivity contribution >= 4 is 23.4 Å². The number of anilines is 1. The maximum atomic E-state index is 13.2.